The molecular formula is C14H22N2OS. The minimum absolute atomic E-state index is 0.633. The summed E-state index contributed by atoms with van der Waals surface area (Å²) in [7, 11) is 1.70. The average molecular weight is 266 g/mol. The molecule has 1 fully saturated rings. The van der Waals surface area contributed by atoms with Crippen molar-refractivity contribution in [3.05, 3.63) is 23.5 Å². The zero-order valence-electron chi connectivity index (χ0n) is 11.4. The van der Waals surface area contributed by atoms with Crippen LogP contribution in [0.3, 0.4) is 0 Å². The molecule has 1 saturated carbocycles. The molecule has 100 valence electrons. The number of nitrogens with zero attached hydrogens (tertiary/aromatic N) is 1. The fourth-order valence-corrected chi connectivity index (χ4v) is 3.55. The number of thioether (sulfide) groups is 1. The van der Waals surface area contributed by atoms with Gasteiger partial charge in [-0.15, -0.1) is 0 Å². The van der Waals surface area contributed by atoms with E-state index < -0.39 is 0 Å². The van der Waals surface area contributed by atoms with Crippen LogP contribution in [0.15, 0.2) is 12.1 Å². The van der Waals surface area contributed by atoms with E-state index >= 15 is 0 Å². The Morgan fingerprint density at radius 1 is 1.44 bits per heavy atom. The lowest BCUT2D eigenvalue weighted by molar-refractivity contribution is 0.412. The van der Waals surface area contributed by atoms with Crippen molar-refractivity contribution in [2.75, 3.05) is 13.4 Å². The lowest BCUT2D eigenvalue weighted by Gasteiger charge is -2.19. The normalized spacial score (nSPS) is 23.3. The van der Waals surface area contributed by atoms with Crippen LogP contribution in [0.25, 0.3) is 0 Å². The third-order valence-electron chi connectivity index (χ3n) is 3.52. The molecule has 1 aliphatic carbocycles. The number of aromatic nitrogens is 1. The molecule has 2 atom stereocenters. The van der Waals surface area contributed by atoms with Crippen molar-refractivity contribution in [1.29, 1.82) is 0 Å². The molecule has 0 saturated heterocycles. The van der Waals surface area contributed by atoms with Crippen molar-refractivity contribution >= 4 is 11.8 Å². The van der Waals surface area contributed by atoms with Crippen molar-refractivity contribution in [3.63, 3.8) is 0 Å². The topological polar surface area (TPSA) is 34.1 Å². The Balaban J connectivity index is 1.95. The molecule has 1 N–H and O–H groups in total. The Bertz CT molecular complexity index is 397. The molecule has 1 aromatic rings. The first-order valence-corrected chi connectivity index (χ1v) is 7.79. The lowest BCUT2D eigenvalue weighted by Crippen LogP contribution is -2.33. The Kier molecular flexibility index (Phi) is 4.89. The van der Waals surface area contributed by atoms with Gasteiger partial charge in [-0.05, 0) is 26.0 Å². The molecule has 3 nitrogen and oxygen atoms in total. The van der Waals surface area contributed by atoms with Crippen molar-refractivity contribution in [2.24, 2.45) is 0 Å². The van der Waals surface area contributed by atoms with Gasteiger partial charge in [-0.25, -0.2) is 0 Å². The van der Waals surface area contributed by atoms with E-state index in [4.69, 9.17) is 4.74 Å². The monoisotopic (exact) mass is 266 g/mol. The zero-order chi connectivity index (χ0) is 13.0. The maximum Gasteiger partial charge on any atom is 0.122 e. The van der Waals surface area contributed by atoms with Crippen molar-refractivity contribution in [2.45, 2.75) is 44.0 Å². The van der Waals surface area contributed by atoms with E-state index in [9.17, 15) is 0 Å². The van der Waals surface area contributed by atoms with Gasteiger partial charge < -0.3 is 10.1 Å². The minimum Gasteiger partial charge on any atom is -0.497 e. The summed E-state index contributed by atoms with van der Waals surface area (Å²) < 4.78 is 5.28. The van der Waals surface area contributed by atoms with Gasteiger partial charge in [0.2, 0.25) is 0 Å². The summed E-state index contributed by atoms with van der Waals surface area (Å²) in [4.78, 5) is 4.54. The number of hydrogen-bond donors (Lipinski definition) is 1. The van der Waals surface area contributed by atoms with Gasteiger partial charge in [0.1, 0.15) is 5.75 Å². The van der Waals surface area contributed by atoms with E-state index in [0.717, 1.165) is 28.9 Å². The molecule has 0 amide bonds. The molecule has 2 unspecified atom stereocenters. The predicted octanol–water partition coefficient (Wildman–Crippen LogP) is 2.77. The lowest BCUT2D eigenvalue weighted by atomic mass is 10.2. The summed E-state index contributed by atoms with van der Waals surface area (Å²) in [5, 5.41) is 4.40. The molecule has 1 heterocycles. The summed E-state index contributed by atoms with van der Waals surface area (Å²) in [6.45, 7) is 2.84. The summed E-state index contributed by atoms with van der Waals surface area (Å²) >= 11 is 1.98. The summed E-state index contributed by atoms with van der Waals surface area (Å²) in [5.41, 5.74) is 2.08. The van der Waals surface area contributed by atoms with Crippen molar-refractivity contribution in [1.82, 2.24) is 10.3 Å². The highest BCUT2D eigenvalue weighted by atomic mass is 32.2. The van der Waals surface area contributed by atoms with Crippen LogP contribution in [0.4, 0.5) is 0 Å². The molecule has 0 spiro atoms. The van der Waals surface area contributed by atoms with E-state index in [2.05, 4.69) is 16.6 Å². The third kappa shape index (κ3) is 3.39. The summed E-state index contributed by atoms with van der Waals surface area (Å²) in [6.07, 6.45) is 6.17. The Hall–Kier alpha value is -0.740. The van der Waals surface area contributed by atoms with Gasteiger partial charge in [-0.1, -0.05) is 6.42 Å². The molecule has 4 heteroatoms. The number of hydrogen-bond acceptors (Lipinski definition) is 4. The SMILES string of the molecule is COc1cc(C)nc(CNC2CCCC2SC)c1. The van der Waals surface area contributed by atoms with Crippen LogP contribution in [0.2, 0.25) is 0 Å². The second kappa shape index (κ2) is 6.43. The van der Waals surface area contributed by atoms with Gasteiger partial charge in [0, 0.05) is 35.7 Å². The largest absolute Gasteiger partial charge is 0.497 e. The number of aryl methyl sites for hydroxylation is 1. The van der Waals surface area contributed by atoms with Gasteiger partial charge in [-0.3, -0.25) is 4.98 Å². The fraction of sp³-hybridized carbons (Fsp3) is 0.643. The quantitative estimate of drug-likeness (QED) is 0.888. The van der Waals surface area contributed by atoms with Gasteiger partial charge in [0.15, 0.2) is 0 Å². The van der Waals surface area contributed by atoms with Crippen LogP contribution in [-0.4, -0.2) is 29.6 Å². The first-order valence-electron chi connectivity index (χ1n) is 6.50. The van der Waals surface area contributed by atoms with E-state index in [1.54, 1.807) is 7.11 Å². The fourth-order valence-electron chi connectivity index (χ4n) is 2.59. The first-order chi connectivity index (χ1) is 8.72. The number of rotatable bonds is 5. The number of methoxy groups -OCH3 is 1. The Morgan fingerprint density at radius 3 is 3.00 bits per heavy atom. The molecule has 18 heavy (non-hydrogen) atoms. The molecule has 0 bridgehead atoms. The maximum absolute atomic E-state index is 5.28. The van der Waals surface area contributed by atoms with Gasteiger partial charge in [0.05, 0.1) is 12.8 Å². The highest BCUT2D eigenvalue weighted by Gasteiger charge is 2.25. The zero-order valence-corrected chi connectivity index (χ0v) is 12.2. The molecule has 0 aliphatic heterocycles. The second-order valence-electron chi connectivity index (χ2n) is 4.83. The highest BCUT2D eigenvalue weighted by molar-refractivity contribution is 7.99. The van der Waals surface area contributed by atoms with Gasteiger partial charge in [-0.2, -0.15) is 11.8 Å². The smallest absolute Gasteiger partial charge is 0.122 e. The Labute approximate surface area is 114 Å². The van der Waals surface area contributed by atoms with E-state index in [1.165, 1.54) is 19.3 Å². The van der Waals surface area contributed by atoms with Crippen molar-refractivity contribution in [3.8, 4) is 5.75 Å². The maximum atomic E-state index is 5.28. The molecule has 1 aromatic heterocycles. The van der Waals surface area contributed by atoms with Crippen LogP contribution in [0, 0.1) is 6.92 Å². The van der Waals surface area contributed by atoms with Crippen LogP contribution in [0.1, 0.15) is 30.7 Å². The summed E-state index contributed by atoms with van der Waals surface area (Å²) in [5.74, 6) is 0.895. The minimum atomic E-state index is 0.633. The van der Waals surface area contributed by atoms with Crippen LogP contribution < -0.4 is 10.1 Å². The average Bonchev–Trinajstić information content (AvgIpc) is 2.83. The molecule has 0 aromatic carbocycles. The standard InChI is InChI=1S/C14H22N2OS/c1-10-7-12(17-2)8-11(16-10)9-15-13-5-4-6-14(13)18-3/h7-8,13-15H,4-6,9H2,1-3H3. The van der Waals surface area contributed by atoms with Crippen molar-refractivity contribution < 1.29 is 4.74 Å². The van der Waals surface area contributed by atoms with E-state index in [-0.39, 0.29) is 0 Å². The molecular weight excluding hydrogens is 244 g/mol. The van der Waals surface area contributed by atoms with Gasteiger partial charge >= 0.3 is 0 Å². The number of nitrogens with one attached hydrogen (secondary N) is 1. The van der Waals surface area contributed by atoms with E-state index in [1.807, 2.05) is 30.8 Å². The molecule has 1 aliphatic rings. The first kappa shape index (κ1) is 13.7. The Morgan fingerprint density at radius 2 is 2.28 bits per heavy atom. The number of pyridine rings is 1. The summed E-state index contributed by atoms with van der Waals surface area (Å²) in [6, 6.07) is 4.61. The second-order valence-corrected chi connectivity index (χ2v) is 5.91. The molecule has 2 rings (SSSR count). The third-order valence-corrected chi connectivity index (χ3v) is 4.69. The van der Waals surface area contributed by atoms with Crippen LogP contribution >= 0.6 is 11.8 Å². The van der Waals surface area contributed by atoms with E-state index in [0.29, 0.717) is 6.04 Å². The van der Waals surface area contributed by atoms with Gasteiger partial charge in [0.25, 0.3) is 0 Å². The van der Waals surface area contributed by atoms with Crippen LogP contribution in [-0.2, 0) is 6.54 Å². The van der Waals surface area contributed by atoms with Crippen LogP contribution in [0.5, 0.6) is 5.75 Å². The predicted molar refractivity (Wildman–Crippen MR) is 77.3 cm³/mol. The number of ether oxygens (including phenoxy) is 1. The molecule has 0 radical (unpaired) electrons. The highest BCUT2D eigenvalue weighted by Crippen LogP contribution is 2.28.